The van der Waals surface area contributed by atoms with Crippen molar-refractivity contribution in [1.82, 2.24) is 5.32 Å². The van der Waals surface area contributed by atoms with Crippen LogP contribution < -0.4 is 5.32 Å². The molecule has 1 saturated heterocycles. The highest BCUT2D eigenvalue weighted by atomic mass is 16.5. The van der Waals surface area contributed by atoms with Crippen LogP contribution in [0.3, 0.4) is 0 Å². The molecule has 2 aliphatic rings. The second-order valence-electron chi connectivity index (χ2n) is 4.62. The van der Waals surface area contributed by atoms with Crippen LogP contribution in [0.15, 0.2) is 0 Å². The van der Waals surface area contributed by atoms with Gasteiger partial charge in [0.1, 0.15) is 0 Å². The Morgan fingerprint density at radius 2 is 2.38 bits per heavy atom. The van der Waals surface area contributed by atoms with Gasteiger partial charge in [0, 0.05) is 13.1 Å². The van der Waals surface area contributed by atoms with Gasteiger partial charge in [-0.05, 0) is 25.7 Å². The van der Waals surface area contributed by atoms with Crippen LogP contribution in [0.4, 0.5) is 0 Å². The lowest BCUT2D eigenvalue weighted by Gasteiger charge is -2.42. The highest BCUT2D eigenvalue weighted by Gasteiger charge is 2.45. The molecular formula is C11H21NO. The molecule has 2 fully saturated rings. The maximum atomic E-state index is 6.18. The minimum atomic E-state index is 0.201. The summed E-state index contributed by atoms with van der Waals surface area (Å²) in [4.78, 5) is 0. The summed E-state index contributed by atoms with van der Waals surface area (Å²) in [6.45, 7) is 6.58. The maximum absolute atomic E-state index is 6.18. The first kappa shape index (κ1) is 9.47. The van der Waals surface area contributed by atoms with Gasteiger partial charge in [0.05, 0.1) is 11.7 Å². The number of hydrogen-bond acceptors (Lipinski definition) is 2. The molecular weight excluding hydrogens is 162 g/mol. The SMILES string of the molecule is CCC1CCCC12CNCC(C)O2. The first-order valence-electron chi connectivity index (χ1n) is 5.65. The number of rotatable bonds is 1. The Hall–Kier alpha value is -0.0800. The second-order valence-corrected chi connectivity index (χ2v) is 4.62. The van der Waals surface area contributed by atoms with Gasteiger partial charge >= 0.3 is 0 Å². The molecule has 0 amide bonds. The fourth-order valence-corrected chi connectivity index (χ4v) is 3.05. The fourth-order valence-electron chi connectivity index (χ4n) is 3.05. The largest absolute Gasteiger partial charge is 0.369 e. The Bertz CT molecular complexity index is 183. The van der Waals surface area contributed by atoms with Gasteiger partial charge in [0.2, 0.25) is 0 Å². The summed E-state index contributed by atoms with van der Waals surface area (Å²) in [5.41, 5.74) is 0.201. The van der Waals surface area contributed by atoms with E-state index in [-0.39, 0.29) is 5.60 Å². The third-order valence-corrected chi connectivity index (χ3v) is 3.68. The average molecular weight is 183 g/mol. The van der Waals surface area contributed by atoms with Crippen LogP contribution >= 0.6 is 0 Å². The van der Waals surface area contributed by atoms with Crippen LogP contribution in [0.25, 0.3) is 0 Å². The van der Waals surface area contributed by atoms with Crippen LogP contribution in [0, 0.1) is 5.92 Å². The van der Waals surface area contributed by atoms with E-state index in [1.807, 2.05) is 0 Å². The predicted molar refractivity (Wildman–Crippen MR) is 53.8 cm³/mol. The van der Waals surface area contributed by atoms with E-state index in [0.717, 1.165) is 19.0 Å². The summed E-state index contributed by atoms with van der Waals surface area (Å²) >= 11 is 0. The lowest BCUT2D eigenvalue weighted by molar-refractivity contribution is -0.130. The van der Waals surface area contributed by atoms with Gasteiger partial charge in [-0.15, -0.1) is 0 Å². The van der Waals surface area contributed by atoms with Crippen LogP contribution in [0.2, 0.25) is 0 Å². The molecule has 3 atom stereocenters. The van der Waals surface area contributed by atoms with E-state index in [4.69, 9.17) is 4.74 Å². The summed E-state index contributed by atoms with van der Waals surface area (Å²) in [7, 11) is 0. The minimum Gasteiger partial charge on any atom is -0.369 e. The van der Waals surface area contributed by atoms with Crippen molar-refractivity contribution in [1.29, 1.82) is 0 Å². The van der Waals surface area contributed by atoms with Crippen molar-refractivity contribution in [3.8, 4) is 0 Å². The van der Waals surface area contributed by atoms with Gasteiger partial charge in [0.25, 0.3) is 0 Å². The quantitative estimate of drug-likeness (QED) is 0.671. The molecule has 3 unspecified atom stereocenters. The molecule has 76 valence electrons. The van der Waals surface area contributed by atoms with E-state index in [9.17, 15) is 0 Å². The van der Waals surface area contributed by atoms with E-state index in [0.29, 0.717) is 6.10 Å². The molecule has 2 nitrogen and oxygen atoms in total. The molecule has 1 N–H and O–H groups in total. The molecule has 13 heavy (non-hydrogen) atoms. The van der Waals surface area contributed by atoms with Crippen LogP contribution in [0.1, 0.15) is 39.5 Å². The number of hydrogen-bond donors (Lipinski definition) is 1. The molecule has 2 rings (SSSR count). The molecule has 0 aromatic heterocycles. The lowest BCUT2D eigenvalue weighted by Crippen LogP contribution is -2.54. The van der Waals surface area contributed by atoms with Gasteiger partial charge < -0.3 is 10.1 Å². The zero-order valence-electron chi connectivity index (χ0n) is 8.81. The fraction of sp³-hybridized carbons (Fsp3) is 1.00. The third-order valence-electron chi connectivity index (χ3n) is 3.68. The standard InChI is InChI=1S/C11H21NO/c1-3-10-5-4-6-11(10)8-12-7-9(2)13-11/h9-10,12H,3-8H2,1-2H3. The van der Waals surface area contributed by atoms with Crippen molar-refractivity contribution < 1.29 is 4.74 Å². The van der Waals surface area contributed by atoms with Crippen molar-refractivity contribution in [2.45, 2.75) is 51.2 Å². The first-order chi connectivity index (χ1) is 6.27. The molecule has 1 heterocycles. The molecule has 1 saturated carbocycles. The Balaban J connectivity index is 2.08. The van der Waals surface area contributed by atoms with Crippen molar-refractivity contribution in [2.24, 2.45) is 5.92 Å². The first-order valence-corrected chi connectivity index (χ1v) is 5.65. The van der Waals surface area contributed by atoms with Gasteiger partial charge in [0.15, 0.2) is 0 Å². The zero-order valence-corrected chi connectivity index (χ0v) is 8.81. The number of nitrogens with one attached hydrogen (secondary N) is 1. The molecule has 0 aromatic carbocycles. The van der Waals surface area contributed by atoms with E-state index in [1.165, 1.54) is 25.7 Å². The van der Waals surface area contributed by atoms with Crippen LogP contribution in [-0.2, 0) is 4.74 Å². The van der Waals surface area contributed by atoms with Gasteiger partial charge in [-0.2, -0.15) is 0 Å². The van der Waals surface area contributed by atoms with Crippen molar-refractivity contribution in [2.75, 3.05) is 13.1 Å². The number of morpholine rings is 1. The van der Waals surface area contributed by atoms with Gasteiger partial charge in [-0.25, -0.2) is 0 Å². The Labute approximate surface area is 81.0 Å². The molecule has 0 radical (unpaired) electrons. The van der Waals surface area contributed by atoms with Crippen molar-refractivity contribution in [3.63, 3.8) is 0 Å². The average Bonchev–Trinajstić information content (AvgIpc) is 2.47. The van der Waals surface area contributed by atoms with Crippen LogP contribution in [-0.4, -0.2) is 24.8 Å². The zero-order chi connectivity index (χ0) is 9.31. The molecule has 1 spiro atoms. The summed E-state index contributed by atoms with van der Waals surface area (Å²) in [5.74, 6) is 0.794. The van der Waals surface area contributed by atoms with Crippen molar-refractivity contribution in [3.05, 3.63) is 0 Å². The van der Waals surface area contributed by atoms with Crippen molar-refractivity contribution >= 4 is 0 Å². The van der Waals surface area contributed by atoms with E-state index < -0.39 is 0 Å². The summed E-state index contributed by atoms with van der Waals surface area (Å²) < 4.78 is 6.18. The maximum Gasteiger partial charge on any atom is 0.0838 e. The van der Waals surface area contributed by atoms with Gasteiger partial charge in [-0.1, -0.05) is 19.8 Å². The molecule has 0 aromatic rings. The monoisotopic (exact) mass is 183 g/mol. The molecule has 1 aliphatic heterocycles. The third kappa shape index (κ3) is 1.62. The van der Waals surface area contributed by atoms with Crippen LogP contribution in [0.5, 0.6) is 0 Å². The lowest BCUT2D eigenvalue weighted by atomic mass is 9.87. The Morgan fingerprint density at radius 1 is 1.54 bits per heavy atom. The normalized spacial score (nSPS) is 45.7. The second kappa shape index (κ2) is 3.58. The van der Waals surface area contributed by atoms with E-state index in [1.54, 1.807) is 0 Å². The minimum absolute atomic E-state index is 0.201. The summed E-state index contributed by atoms with van der Waals surface area (Å²) in [6, 6.07) is 0. The topological polar surface area (TPSA) is 21.3 Å². The molecule has 1 aliphatic carbocycles. The Morgan fingerprint density at radius 3 is 3.08 bits per heavy atom. The Kier molecular flexibility index (Phi) is 2.61. The number of ether oxygens (including phenoxy) is 1. The van der Waals surface area contributed by atoms with E-state index in [2.05, 4.69) is 19.2 Å². The highest BCUT2D eigenvalue weighted by molar-refractivity contribution is 4.97. The van der Waals surface area contributed by atoms with E-state index >= 15 is 0 Å². The highest BCUT2D eigenvalue weighted by Crippen LogP contribution is 2.42. The van der Waals surface area contributed by atoms with Gasteiger partial charge in [-0.3, -0.25) is 0 Å². The summed E-state index contributed by atoms with van der Waals surface area (Å²) in [6.07, 6.45) is 5.66. The predicted octanol–water partition coefficient (Wildman–Crippen LogP) is 1.94. The smallest absolute Gasteiger partial charge is 0.0838 e. The summed E-state index contributed by atoms with van der Waals surface area (Å²) in [5, 5.41) is 3.51. The molecule has 0 bridgehead atoms. The molecule has 2 heteroatoms.